The van der Waals surface area contributed by atoms with Gasteiger partial charge < -0.3 is 5.11 Å². The maximum atomic E-state index is 10.0. The van der Waals surface area contributed by atoms with Gasteiger partial charge in [0.25, 0.3) is 0 Å². The van der Waals surface area contributed by atoms with E-state index >= 15 is 0 Å². The quantitative estimate of drug-likeness (QED) is 0.888. The highest BCUT2D eigenvalue weighted by molar-refractivity contribution is 9.10. The normalized spacial score (nSPS) is 14.4. The molecule has 0 radical (unpaired) electrons. The van der Waals surface area contributed by atoms with Crippen LogP contribution in [0, 0.1) is 5.41 Å². The smallest absolute Gasteiger partial charge is 0.0973 e. The van der Waals surface area contributed by atoms with Crippen LogP contribution in [0.1, 0.15) is 39.0 Å². The first-order chi connectivity index (χ1) is 6.31. The van der Waals surface area contributed by atoms with Crippen LogP contribution in [0.2, 0.25) is 0 Å². The SMILES string of the molecule is Cn1ncc(Br)c1C(O)CC(C)(C)C. The molecule has 0 bridgehead atoms. The van der Waals surface area contributed by atoms with Gasteiger partial charge in [-0.3, -0.25) is 4.68 Å². The third kappa shape index (κ3) is 2.82. The number of nitrogens with zero attached hydrogens (tertiary/aromatic N) is 2. The summed E-state index contributed by atoms with van der Waals surface area (Å²) in [5.74, 6) is 0. The lowest BCUT2D eigenvalue weighted by molar-refractivity contribution is 0.114. The lowest BCUT2D eigenvalue weighted by Gasteiger charge is -2.22. The summed E-state index contributed by atoms with van der Waals surface area (Å²) in [4.78, 5) is 0. The second-order valence-corrected chi connectivity index (χ2v) is 5.64. The van der Waals surface area contributed by atoms with Crippen molar-refractivity contribution in [2.45, 2.75) is 33.3 Å². The highest BCUT2D eigenvalue weighted by Gasteiger charge is 2.22. The molecule has 80 valence electrons. The fraction of sp³-hybridized carbons (Fsp3) is 0.700. The van der Waals surface area contributed by atoms with E-state index in [9.17, 15) is 5.11 Å². The number of aryl methyl sites for hydroxylation is 1. The first-order valence-corrected chi connectivity index (χ1v) is 5.46. The van der Waals surface area contributed by atoms with Gasteiger partial charge in [0.1, 0.15) is 0 Å². The summed E-state index contributed by atoms with van der Waals surface area (Å²) in [6.45, 7) is 6.33. The van der Waals surface area contributed by atoms with Crippen LogP contribution in [0.3, 0.4) is 0 Å². The lowest BCUT2D eigenvalue weighted by Crippen LogP contribution is -2.14. The van der Waals surface area contributed by atoms with Gasteiger partial charge in [-0.05, 0) is 27.8 Å². The molecule has 0 aliphatic rings. The molecule has 0 fully saturated rings. The van der Waals surface area contributed by atoms with Gasteiger partial charge in [0.2, 0.25) is 0 Å². The second kappa shape index (κ2) is 4.03. The fourth-order valence-electron chi connectivity index (χ4n) is 1.47. The highest BCUT2D eigenvalue weighted by Crippen LogP contribution is 2.32. The van der Waals surface area contributed by atoms with Crippen LogP contribution in [-0.4, -0.2) is 14.9 Å². The Hall–Kier alpha value is -0.350. The number of halogens is 1. The van der Waals surface area contributed by atoms with Crippen molar-refractivity contribution in [2.24, 2.45) is 12.5 Å². The summed E-state index contributed by atoms with van der Waals surface area (Å²) in [5, 5.41) is 14.1. The van der Waals surface area contributed by atoms with E-state index in [0.717, 1.165) is 16.6 Å². The van der Waals surface area contributed by atoms with Gasteiger partial charge >= 0.3 is 0 Å². The van der Waals surface area contributed by atoms with Gasteiger partial charge in [0.15, 0.2) is 0 Å². The first kappa shape index (κ1) is 11.7. The zero-order valence-electron chi connectivity index (χ0n) is 9.08. The average Bonchev–Trinajstić information content (AvgIpc) is 2.27. The van der Waals surface area contributed by atoms with E-state index in [2.05, 4.69) is 41.8 Å². The van der Waals surface area contributed by atoms with Crippen LogP contribution in [0.4, 0.5) is 0 Å². The van der Waals surface area contributed by atoms with Crippen LogP contribution in [0.15, 0.2) is 10.7 Å². The Bertz CT molecular complexity index is 295. The number of aromatic nitrogens is 2. The summed E-state index contributed by atoms with van der Waals surface area (Å²) < 4.78 is 2.58. The number of rotatable bonds is 2. The maximum absolute atomic E-state index is 10.0. The van der Waals surface area contributed by atoms with Crippen molar-refractivity contribution in [1.82, 2.24) is 9.78 Å². The van der Waals surface area contributed by atoms with Gasteiger partial charge in [0, 0.05) is 7.05 Å². The molecule has 0 saturated heterocycles. The standard InChI is InChI=1S/C10H17BrN2O/c1-10(2,3)5-8(14)9-7(11)6-12-13(9)4/h6,8,14H,5H2,1-4H3. The monoisotopic (exact) mass is 260 g/mol. The third-order valence-corrected chi connectivity index (χ3v) is 2.67. The number of aliphatic hydroxyl groups is 1. The van der Waals surface area contributed by atoms with Crippen molar-refractivity contribution >= 4 is 15.9 Å². The molecule has 0 amide bonds. The molecule has 0 saturated carbocycles. The van der Waals surface area contributed by atoms with Gasteiger partial charge in [0.05, 0.1) is 22.5 Å². The second-order valence-electron chi connectivity index (χ2n) is 4.78. The molecular formula is C10H17BrN2O. The largest absolute Gasteiger partial charge is 0.387 e. The minimum Gasteiger partial charge on any atom is -0.387 e. The third-order valence-electron chi connectivity index (χ3n) is 2.06. The van der Waals surface area contributed by atoms with Crippen LogP contribution >= 0.6 is 15.9 Å². The Balaban J connectivity index is 2.84. The molecule has 1 rings (SSSR count). The van der Waals surface area contributed by atoms with Gasteiger partial charge in [-0.25, -0.2) is 0 Å². The van der Waals surface area contributed by atoms with Crippen molar-refractivity contribution in [3.63, 3.8) is 0 Å². The van der Waals surface area contributed by atoms with E-state index in [1.54, 1.807) is 10.9 Å². The van der Waals surface area contributed by atoms with Crippen LogP contribution in [0.5, 0.6) is 0 Å². The molecule has 14 heavy (non-hydrogen) atoms. The van der Waals surface area contributed by atoms with Crippen molar-refractivity contribution in [3.05, 3.63) is 16.4 Å². The molecule has 1 aromatic rings. The van der Waals surface area contributed by atoms with E-state index < -0.39 is 6.10 Å². The Kier molecular flexibility index (Phi) is 3.37. The number of aliphatic hydroxyl groups excluding tert-OH is 1. The number of hydrogen-bond donors (Lipinski definition) is 1. The summed E-state index contributed by atoms with van der Waals surface area (Å²) in [6.07, 6.45) is 1.98. The highest BCUT2D eigenvalue weighted by atomic mass is 79.9. The van der Waals surface area contributed by atoms with Crippen molar-refractivity contribution in [1.29, 1.82) is 0 Å². The molecule has 0 aliphatic carbocycles. The van der Waals surface area contributed by atoms with Crippen LogP contribution in [-0.2, 0) is 7.05 Å². The fourth-order valence-corrected chi connectivity index (χ4v) is 2.08. The topological polar surface area (TPSA) is 38.0 Å². The molecule has 1 N–H and O–H groups in total. The Morgan fingerprint density at radius 2 is 2.14 bits per heavy atom. The summed E-state index contributed by atoms with van der Waals surface area (Å²) in [6, 6.07) is 0. The predicted molar refractivity (Wildman–Crippen MR) is 59.9 cm³/mol. The van der Waals surface area contributed by atoms with Crippen molar-refractivity contribution in [3.8, 4) is 0 Å². The number of hydrogen-bond acceptors (Lipinski definition) is 2. The molecule has 1 unspecified atom stereocenters. The zero-order valence-corrected chi connectivity index (χ0v) is 10.7. The van der Waals surface area contributed by atoms with E-state index in [-0.39, 0.29) is 5.41 Å². The lowest BCUT2D eigenvalue weighted by atomic mass is 9.88. The molecule has 1 aromatic heterocycles. The van der Waals surface area contributed by atoms with Crippen molar-refractivity contribution < 1.29 is 5.11 Å². The summed E-state index contributed by atoms with van der Waals surface area (Å²) in [5.41, 5.74) is 0.961. The molecule has 1 heterocycles. The van der Waals surface area contributed by atoms with E-state index in [1.165, 1.54) is 0 Å². The summed E-state index contributed by atoms with van der Waals surface area (Å²) >= 11 is 3.38. The zero-order chi connectivity index (χ0) is 10.9. The Morgan fingerprint density at radius 1 is 1.57 bits per heavy atom. The molecule has 3 nitrogen and oxygen atoms in total. The predicted octanol–water partition coefficient (Wildman–Crippen LogP) is 2.65. The molecule has 1 atom stereocenters. The van der Waals surface area contributed by atoms with Crippen LogP contribution < -0.4 is 0 Å². The van der Waals surface area contributed by atoms with Crippen molar-refractivity contribution in [2.75, 3.05) is 0 Å². The maximum Gasteiger partial charge on any atom is 0.0973 e. The van der Waals surface area contributed by atoms with E-state index in [0.29, 0.717) is 0 Å². The summed E-state index contributed by atoms with van der Waals surface area (Å²) in [7, 11) is 1.84. The van der Waals surface area contributed by atoms with E-state index in [4.69, 9.17) is 0 Å². The minimum atomic E-state index is -0.461. The molecule has 0 aliphatic heterocycles. The molecule has 0 spiro atoms. The molecule has 0 aromatic carbocycles. The van der Waals surface area contributed by atoms with E-state index in [1.807, 2.05) is 7.05 Å². The minimum absolute atomic E-state index is 0.114. The molecule has 4 heteroatoms. The van der Waals surface area contributed by atoms with Gasteiger partial charge in [-0.1, -0.05) is 20.8 Å². The van der Waals surface area contributed by atoms with Crippen LogP contribution in [0.25, 0.3) is 0 Å². The average molecular weight is 261 g/mol. The van der Waals surface area contributed by atoms with Gasteiger partial charge in [-0.15, -0.1) is 0 Å². The first-order valence-electron chi connectivity index (χ1n) is 4.67. The van der Waals surface area contributed by atoms with Gasteiger partial charge in [-0.2, -0.15) is 5.10 Å². The molecular weight excluding hydrogens is 244 g/mol. The Labute approximate surface area is 93.3 Å². The Morgan fingerprint density at radius 3 is 2.50 bits per heavy atom.